The molecule has 2 nitrogen and oxygen atoms in total. The average molecular weight is 277 g/mol. The fraction of sp³-hybridized carbons (Fsp3) is 0.667. The van der Waals surface area contributed by atoms with E-state index in [9.17, 15) is 0 Å². The van der Waals surface area contributed by atoms with Crippen molar-refractivity contribution in [3.05, 3.63) is 35.4 Å². The van der Waals surface area contributed by atoms with Gasteiger partial charge >= 0.3 is 0 Å². The van der Waals surface area contributed by atoms with Crippen molar-refractivity contribution in [3.8, 4) is 0 Å². The zero-order chi connectivity index (χ0) is 15.0. The topological polar surface area (TPSA) is 21.3 Å². The SMILES string of the molecule is CCCOCC(Cc1ccc(C(C)(C)C)cc1)NCC. The standard InChI is InChI=1S/C18H31NO/c1-6-12-20-14-17(19-7-2)13-15-8-10-16(11-9-15)18(3,4)5/h8-11,17,19H,6-7,12-14H2,1-5H3. The molecule has 0 aliphatic carbocycles. The molecule has 0 heterocycles. The molecule has 2 heteroatoms. The third kappa shape index (κ3) is 6.06. The lowest BCUT2D eigenvalue weighted by Gasteiger charge is -2.21. The Hall–Kier alpha value is -0.860. The van der Waals surface area contributed by atoms with E-state index in [1.807, 2.05) is 0 Å². The van der Waals surface area contributed by atoms with Gasteiger partial charge in [0.25, 0.3) is 0 Å². The number of ether oxygens (including phenoxy) is 1. The van der Waals surface area contributed by atoms with Crippen LogP contribution >= 0.6 is 0 Å². The molecule has 1 aromatic rings. The van der Waals surface area contributed by atoms with Crippen LogP contribution in [0.2, 0.25) is 0 Å². The predicted octanol–water partition coefficient (Wildman–Crippen LogP) is 3.93. The first-order chi connectivity index (χ1) is 9.47. The monoisotopic (exact) mass is 277 g/mol. The largest absolute Gasteiger partial charge is 0.380 e. The third-order valence-corrected chi connectivity index (χ3v) is 3.46. The van der Waals surface area contributed by atoms with Gasteiger partial charge in [-0.25, -0.2) is 0 Å². The van der Waals surface area contributed by atoms with Crippen LogP contribution in [0.4, 0.5) is 0 Å². The number of likely N-dealkylation sites (N-methyl/N-ethyl adjacent to an activating group) is 1. The van der Waals surface area contributed by atoms with Crippen LogP contribution in [0.3, 0.4) is 0 Å². The molecule has 0 aliphatic heterocycles. The maximum absolute atomic E-state index is 5.69. The summed E-state index contributed by atoms with van der Waals surface area (Å²) in [6.07, 6.45) is 2.11. The summed E-state index contributed by atoms with van der Waals surface area (Å²) in [6.45, 7) is 13.7. The van der Waals surface area contributed by atoms with Gasteiger partial charge in [0.15, 0.2) is 0 Å². The maximum Gasteiger partial charge on any atom is 0.0622 e. The van der Waals surface area contributed by atoms with Gasteiger partial charge in [-0.1, -0.05) is 58.9 Å². The smallest absolute Gasteiger partial charge is 0.0622 e. The van der Waals surface area contributed by atoms with Gasteiger partial charge in [-0.2, -0.15) is 0 Å². The van der Waals surface area contributed by atoms with Crippen molar-refractivity contribution >= 4 is 0 Å². The molecule has 0 radical (unpaired) electrons. The van der Waals surface area contributed by atoms with Gasteiger partial charge in [-0.05, 0) is 35.9 Å². The first-order valence-corrected chi connectivity index (χ1v) is 7.88. The molecule has 0 aromatic heterocycles. The highest BCUT2D eigenvalue weighted by molar-refractivity contribution is 5.28. The fourth-order valence-corrected chi connectivity index (χ4v) is 2.27. The first kappa shape index (κ1) is 17.2. The van der Waals surface area contributed by atoms with E-state index in [4.69, 9.17) is 4.74 Å². The molecule has 0 amide bonds. The van der Waals surface area contributed by atoms with Gasteiger partial charge < -0.3 is 10.1 Å². The Kier molecular flexibility index (Phi) is 7.25. The molecule has 0 aliphatic rings. The summed E-state index contributed by atoms with van der Waals surface area (Å²) in [5.41, 5.74) is 3.00. The lowest BCUT2D eigenvalue weighted by molar-refractivity contribution is 0.112. The van der Waals surface area contributed by atoms with Crippen LogP contribution in [0, 0.1) is 0 Å². The van der Waals surface area contributed by atoms with Gasteiger partial charge in [0.2, 0.25) is 0 Å². The van der Waals surface area contributed by atoms with Crippen LogP contribution in [0.5, 0.6) is 0 Å². The summed E-state index contributed by atoms with van der Waals surface area (Å²) in [6, 6.07) is 9.43. The minimum Gasteiger partial charge on any atom is -0.380 e. The fourth-order valence-electron chi connectivity index (χ4n) is 2.27. The number of nitrogens with one attached hydrogen (secondary N) is 1. The van der Waals surface area contributed by atoms with Crippen molar-refractivity contribution in [2.45, 2.75) is 58.9 Å². The van der Waals surface area contributed by atoms with E-state index in [1.54, 1.807) is 0 Å². The van der Waals surface area contributed by atoms with Crippen LogP contribution in [-0.4, -0.2) is 25.8 Å². The van der Waals surface area contributed by atoms with Crippen LogP contribution in [0.25, 0.3) is 0 Å². The Morgan fingerprint density at radius 2 is 1.75 bits per heavy atom. The molecule has 0 saturated carbocycles. The average Bonchev–Trinajstić information content (AvgIpc) is 2.39. The molecule has 1 aromatic carbocycles. The van der Waals surface area contributed by atoms with E-state index < -0.39 is 0 Å². The first-order valence-electron chi connectivity index (χ1n) is 7.88. The van der Waals surface area contributed by atoms with Crippen LogP contribution in [0.15, 0.2) is 24.3 Å². The summed E-state index contributed by atoms with van der Waals surface area (Å²) in [5, 5.41) is 3.51. The number of benzene rings is 1. The minimum absolute atomic E-state index is 0.226. The second-order valence-corrected chi connectivity index (χ2v) is 6.48. The van der Waals surface area contributed by atoms with E-state index in [1.165, 1.54) is 11.1 Å². The number of rotatable bonds is 8. The van der Waals surface area contributed by atoms with E-state index >= 15 is 0 Å². The molecule has 114 valence electrons. The Balaban J connectivity index is 2.59. The molecule has 0 fully saturated rings. The highest BCUT2D eigenvalue weighted by atomic mass is 16.5. The Morgan fingerprint density at radius 1 is 1.10 bits per heavy atom. The third-order valence-electron chi connectivity index (χ3n) is 3.46. The zero-order valence-corrected chi connectivity index (χ0v) is 13.8. The lowest BCUT2D eigenvalue weighted by atomic mass is 9.86. The van der Waals surface area contributed by atoms with Crippen LogP contribution < -0.4 is 5.32 Å². The van der Waals surface area contributed by atoms with Crippen LogP contribution in [-0.2, 0) is 16.6 Å². The second-order valence-electron chi connectivity index (χ2n) is 6.48. The van der Waals surface area contributed by atoms with Crippen molar-refractivity contribution < 1.29 is 4.74 Å². The quantitative estimate of drug-likeness (QED) is 0.727. The maximum atomic E-state index is 5.69. The van der Waals surface area contributed by atoms with E-state index in [0.717, 1.165) is 32.6 Å². The minimum atomic E-state index is 0.226. The van der Waals surface area contributed by atoms with Gasteiger partial charge in [-0.3, -0.25) is 0 Å². The summed E-state index contributed by atoms with van der Waals surface area (Å²) < 4.78 is 5.69. The van der Waals surface area contributed by atoms with Gasteiger partial charge in [0.1, 0.15) is 0 Å². The van der Waals surface area contributed by atoms with Crippen LogP contribution in [0.1, 0.15) is 52.2 Å². The molecule has 0 saturated heterocycles. The van der Waals surface area contributed by atoms with Gasteiger partial charge in [0.05, 0.1) is 6.61 Å². The van der Waals surface area contributed by atoms with E-state index in [2.05, 4.69) is 64.2 Å². The Bertz CT molecular complexity index is 364. The molecule has 0 bridgehead atoms. The molecule has 0 spiro atoms. The highest BCUT2D eigenvalue weighted by Gasteiger charge is 2.14. The van der Waals surface area contributed by atoms with E-state index in [0.29, 0.717) is 6.04 Å². The van der Waals surface area contributed by atoms with E-state index in [-0.39, 0.29) is 5.41 Å². The Morgan fingerprint density at radius 3 is 2.25 bits per heavy atom. The number of hydrogen-bond acceptors (Lipinski definition) is 2. The van der Waals surface area contributed by atoms with Gasteiger partial charge in [-0.15, -0.1) is 0 Å². The van der Waals surface area contributed by atoms with Crippen molar-refractivity contribution in [3.63, 3.8) is 0 Å². The summed E-state index contributed by atoms with van der Waals surface area (Å²) in [4.78, 5) is 0. The molecular formula is C18H31NO. The van der Waals surface area contributed by atoms with Crippen molar-refractivity contribution in [2.24, 2.45) is 0 Å². The summed E-state index contributed by atoms with van der Waals surface area (Å²) in [7, 11) is 0. The van der Waals surface area contributed by atoms with Crippen molar-refractivity contribution in [1.82, 2.24) is 5.32 Å². The zero-order valence-electron chi connectivity index (χ0n) is 13.8. The lowest BCUT2D eigenvalue weighted by Crippen LogP contribution is -2.35. The molecule has 1 unspecified atom stereocenters. The Labute approximate surface area is 124 Å². The second kappa shape index (κ2) is 8.43. The molecular weight excluding hydrogens is 246 g/mol. The molecule has 20 heavy (non-hydrogen) atoms. The molecule has 1 rings (SSSR count). The van der Waals surface area contributed by atoms with Gasteiger partial charge in [0, 0.05) is 12.6 Å². The summed E-state index contributed by atoms with van der Waals surface area (Å²) in [5.74, 6) is 0. The number of hydrogen-bond donors (Lipinski definition) is 1. The molecule has 1 atom stereocenters. The molecule has 1 N–H and O–H groups in total. The normalized spacial score (nSPS) is 13.4. The summed E-state index contributed by atoms with van der Waals surface area (Å²) >= 11 is 0. The van der Waals surface area contributed by atoms with Crippen molar-refractivity contribution in [2.75, 3.05) is 19.8 Å². The highest BCUT2D eigenvalue weighted by Crippen LogP contribution is 2.22. The predicted molar refractivity (Wildman–Crippen MR) is 87.4 cm³/mol. The van der Waals surface area contributed by atoms with Crippen molar-refractivity contribution in [1.29, 1.82) is 0 Å².